The van der Waals surface area contributed by atoms with E-state index in [4.69, 9.17) is 11.6 Å². The van der Waals surface area contributed by atoms with Crippen LogP contribution in [0.1, 0.15) is 26.3 Å². The van der Waals surface area contributed by atoms with Gasteiger partial charge in [-0.05, 0) is 45.4 Å². The second-order valence-corrected chi connectivity index (χ2v) is 6.89. The van der Waals surface area contributed by atoms with Crippen LogP contribution in [-0.2, 0) is 0 Å². The highest BCUT2D eigenvalue weighted by molar-refractivity contribution is 6.31. The zero-order chi connectivity index (χ0) is 15.6. The highest BCUT2D eigenvalue weighted by Gasteiger charge is 2.27. The molecule has 1 fully saturated rings. The Morgan fingerprint density at radius 1 is 1.19 bits per heavy atom. The molecule has 0 unspecified atom stereocenters. The van der Waals surface area contributed by atoms with Gasteiger partial charge in [0.1, 0.15) is 0 Å². The quantitative estimate of drug-likeness (QED) is 0.860. The summed E-state index contributed by atoms with van der Waals surface area (Å²) in [7, 11) is 0. The van der Waals surface area contributed by atoms with Crippen LogP contribution in [0.15, 0.2) is 18.2 Å². The molecule has 1 aromatic carbocycles. The van der Waals surface area contributed by atoms with Crippen molar-refractivity contribution >= 4 is 23.3 Å². The number of carbonyl (C=O) groups is 1. The topological polar surface area (TPSA) is 35.6 Å². The average Bonchev–Trinajstić information content (AvgIpc) is 2.43. The zero-order valence-electron chi connectivity index (χ0n) is 13.2. The number of halogens is 1. The van der Waals surface area contributed by atoms with E-state index in [0.717, 1.165) is 37.4 Å². The number of urea groups is 1. The Balaban J connectivity index is 1.95. The van der Waals surface area contributed by atoms with Crippen LogP contribution in [0, 0.1) is 6.92 Å². The molecule has 5 heteroatoms. The number of nitrogens with zero attached hydrogens (tertiary/aromatic N) is 2. The van der Waals surface area contributed by atoms with Crippen molar-refractivity contribution in [3.05, 3.63) is 28.8 Å². The van der Waals surface area contributed by atoms with Gasteiger partial charge in [0.2, 0.25) is 0 Å². The van der Waals surface area contributed by atoms with Gasteiger partial charge in [-0.15, -0.1) is 0 Å². The molecule has 116 valence electrons. The molecule has 1 N–H and O–H groups in total. The molecule has 1 aliphatic heterocycles. The fourth-order valence-electron chi connectivity index (χ4n) is 2.52. The van der Waals surface area contributed by atoms with Crippen molar-refractivity contribution in [3.63, 3.8) is 0 Å². The normalized spacial score (nSPS) is 16.9. The second kappa shape index (κ2) is 6.24. The van der Waals surface area contributed by atoms with Gasteiger partial charge in [-0.2, -0.15) is 0 Å². The molecule has 0 spiro atoms. The molecule has 0 bridgehead atoms. The van der Waals surface area contributed by atoms with Gasteiger partial charge in [0.15, 0.2) is 0 Å². The van der Waals surface area contributed by atoms with Crippen LogP contribution in [0.2, 0.25) is 5.02 Å². The first kappa shape index (κ1) is 16.1. The number of carbonyl (C=O) groups excluding carboxylic acids is 1. The Morgan fingerprint density at radius 3 is 2.38 bits per heavy atom. The van der Waals surface area contributed by atoms with Crippen molar-refractivity contribution in [2.45, 2.75) is 33.2 Å². The van der Waals surface area contributed by atoms with Gasteiger partial charge in [-0.1, -0.05) is 17.7 Å². The zero-order valence-corrected chi connectivity index (χ0v) is 14.0. The predicted molar refractivity (Wildman–Crippen MR) is 88.1 cm³/mol. The molecule has 21 heavy (non-hydrogen) atoms. The van der Waals surface area contributed by atoms with Crippen LogP contribution < -0.4 is 5.32 Å². The molecule has 4 nitrogen and oxygen atoms in total. The summed E-state index contributed by atoms with van der Waals surface area (Å²) >= 11 is 6.08. The summed E-state index contributed by atoms with van der Waals surface area (Å²) in [4.78, 5) is 16.6. The number of piperazine rings is 1. The fraction of sp³-hybridized carbons (Fsp3) is 0.562. The molecule has 0 aromatic heterocycles. The van der Waals surface area contributed by atoms with E-state index in [2.05, 4.69) is 31.0 Å². The highest BCUT2D eigenvalue weighted by Crippen LogP contribution is 2.23. The molecule has 0 atom stereocenters. The van der Waals surface area contributed by atoms with E-state index >= 15 is 0 Å². The molecule has 1 aliphatic rings. The average molecular weight is 310 g/mol. The van der Waals surface area contributed by atoms with E-state index < -0.39 is 0 Å². The Morgan fingerprint density at radius 2 is 1.81 bits per heavy atom. The number of hydrogen-bond acceptors (Lipinski definition) is 2. The van der Waals surface area contributed by atoms with E-state index in [1.165, 1.54) is 0 Å². The highest BCUT2D eigenvalue weighted by atomic mass is 35.5. The van der Waals surface area contributed by atoms with Crippen LogP contribution in [0.25, 0.3) is 0 Å². The smallest absolute Gasteiger partial charge is 0.321 e. The third-order valence-electron chi connectivity index (χ3n) is 4.02. The number of benzene rings is 1. The van der Waals surface area contributed by atoms with Gasteiger partial charge in [-0.3, -0.25) is 4.90 Å². The molecule has 0 aliphatic carbocycles. The predicted octanol–water partition coefficient (Wildman–Crippen LogP) is 3.60. The number of anilines is 1. The van der Waals surface area contributed by atoms with Gasteiger partial charge >= 0.3 is 6.03 Å². The Bertz CT molecular complexity index is 517. The summed E-state index contributed by atoms with van der Waals surface area (Å²) in [6, 6.07) is 5.51. The van der Waals surface area contributed by atoms with Gasteiger partial charge in [0.25, 0.3) is 0 Å². The summed E-state index contributed by atoms with van der Waals surface area (Å²) < 4.78 is 0. The minimum absolute atomic E-state index is 0.0473. The van der Waals surface area contributed by atoms with E-state index in [1.54, 1.807) is 0 Å². The standard InChI is InChI=1S/C16H24ClN3O/c1-12-13(17)6-5-7-14(12)18-15(21)19-8-10-20(11-9-19)16(2,3)4/h5-7H,8-11H2,1-4H3,(H,18,21). The van der Waals surface area contributed by atoms with Crippen molar-refractivity contribution in [1.29, 1.82) is 0 Å². The lowest BCUT2D eigenvalue weighted by Gasteiger charge is -2.42. The molecule has 1 heterocycles. The first-order chi connectivity index (χ1) is 9.79. The summed E-state index contributed by atoms with van der Waals surface area (Å²) in [6.45, 7) is 11.9. The Hall–Kier alpha value is -1.26. The fourth-order valence-corrected chi connectivity index (χ4v) is 2.69. The lowest BCUT2D eigenvalue weighted by atomic mass is 10.1. The van der Waals surface area contributed by atoms with Crippen molar-refractivity contribution in [2.24, 2.45) is 0 Å². The van der Waals surface area contributed by atoms with Gasteiger partial charge in [0.05, 0.1) is 0 Å². The van der Waals surface area contributed by atoms with Crippen molar-refractivity contribution < 1.29 is 4.79 Å². The number of amides is 2. The molecule has 2 amide bonds. The largest absolute Gasteiger partial charge is 0.322 e. The van der Waals surface area contributed by atoms with E-state index in [-0.39, 0.29) is 11.6 Å². The molecule has 0 saturated carbocycles. The number of rotatable bonds is 1. The molecule has 0 radical (unpaired) electrons. The maximum atomic E-state index is 12.3. The van der Waals surface area contributed by atoms with Crippen LogP contribution in [0.3, 0.4) is 0 Å². The first-order valence-electron chi connectivity index (χ1n) is 7.35. The lowest BCUT2D eigenvalue weighted by molar-refractivity contribution is 0.0774. The van der Waals surface area contributed by atoms with Crippen LogP contribution >= 0.6 is 11.6 Å². The van der Waals surface area contributed by atoms with Crippen molar-refractivity contribution in [3.8, 4) is 0 Å². The van der Waals surface area contributed by atoms with E-state index in [9.17, 15) is 4.79 Å². The summed E-state index contributed by atoms with van der Waals surface area (Å²) in [5, 5.41) is 3.63. The summed E-state index contributed by atoms with van der Waals surface area (Å²) in [5.41, 5.74) is 1.85. The Labute approximate surface area is 132 Å². The monoisotopic (exact) mass is 309 g/mol. The number of hydrogen-bond donors (Lipinski definition) is 1. The van der Waals surface area contributed by atoms with Crippen LogP contribution in [0.5, 0.6) is 0 Å². The van der Waals surface area contributed by atoms with Gasteiger partial charge in [0, 0.05) is 42.4 Å². The van der Waals surface area contributed by atoms with E-state index in [0.29, 0.717) is 5.02 Å². The summed E-state index contributed by atoms with van der Waals surface area (Å²) in [6.07, 6.45) is 0. The molecule has 1 aromatic rings. The first-order valence-corrected chi connectivity index (χ1v) is 7.73. The van der Waals surface area contributed by atoms with Crippen LogP contribution in [0.4, 0.5) is 10.5 Å². The molecular formula is C16H24ClN3O. The third-order valence-corrected chi connectivity index (χ3v) is 4.43. The second-order valence-electron chi connectivity index (χ2n) is 6.49. The maximum Gasteiger partial charge on any atom is 0.321 e. The van der Waals surface area contributed by atoms with Crippen molar-refractivity contribution in [2.75, 3.05) is 31.5 Å². The lowest BCUT2D eigenvalue weighted by Crippen LogP contribution is -2.55. The van der Waals surface area contributed by atoms with Gasteiger partial charge < -0.3 is 10.2 Å². The third kappa shape index (κ3) is 3.89. The molecule has 1 saturated heterocycles. The Kier molecular flexibility index (Phi) is 4.79. The maximum absolute atomic E-state index is 12.3. The van der Waals surface area contributed by atoms with E-state index in [1.807, 2.05) is 30.0 Å². The van der Waals surface area contributed by atoms with Gasteiger partial charge in [-0.25, -0.2) is 4.79 Å². The molecule has 2 rings (SSSR count). The SMILES string of the molecule is Cc1c(Cl)cccc1NC(=O)N1CCN(C(C)(C)C)CC1. The minimum atomic E-state index is -0.0473. The minimum Gasteiger partial charge on any atom is -0.322 e. The molecular weight excluding hydrogens is 286 g/mol. The number of nitrogens with one attached hydrogen (secondary N) is 1. The van der Waals surface area contributed by atoms with Crippen molar-refractivity contribution in [1.82, 2.24) is 9.80 Å². The van der Waals surface area contributed by atoms with Crippen LogP contribution in [-0.4, -0.2) is 47.5 Å². The summed E-state index contributed by atoms with van der Waals surface area (Å²) in [5.74, 6) is 0.